The van der Waals surface area contributed by atoms with Gasteiger partial charge in [-0.15, -0.1) is 0 Å². The quantitative estimate of drug-likeness (QED) is 0.468. The molecule has 1 heterocycles. The van der Waals surface area contributed by atoms with Crippen LogP contribution < -0.4 is 0 Å². The molecule has 4 aromatic rings. The van der Waals surface area contributed by atoms with Crippen molar-refractivity contribution in [3.05, 3.63) is 78.4 Å². The average molecular weight is 398 g/mol. The molecule has 0 saturated carbocycles. The molecule has 3 aromatic carbocycles. The number of pyridine rings is 1. The van der Waals surface area contributed by atoms with Crippen molar-refractivity contribution in [3.63, 3.8) is 0 Å². The van der Waals surface area contributed by atoms with Gasteiger partial charge in [0.1, 0.15) is 0 Å². The summed E-state index contributed by atoms with van der Waals surface area (Å²) in [5.74, 6) is -0.811. The third-order valence-electron chi connectivity index (χ3n) is 5.07. The number of rotatable bonds is 4. The molecule has 1 atom stereocenters. The summed E-state index contributed by atoms with van der Waals surface area (Å²) in [6, 6.07) is 23.3. The van der Waals surface area contributed by atoms with E-state index >= 15 is 0 Å². The second-order valence-corrected chi connectivity index (χ2v) is 7.38. The first kappa shape index (κ1) is 19.6. The summed E-state index contributed by atoms with van der Waals surface area (Å²) in [4.78, 5) is 31.4. The van der Waals surface area contributed by atoms with Crippen molar-refractivity contribution < 1.29 is 14.3 Å². The highest BCUT2D eigenvalue weighted by Gasteiger charge is 2.22. The molecule has 4 rings (SSSR count). The van der Waals surface area contributed by atoms with Crippen molar-refractivity contribution in [2.75, 3.05) is 14.1 Å². The van der Waals surface area contributed by atoms with E-state index in [0.717, 1.165) is 16.3 Å². The zero-order valence-corrected chi connectivity index (χ0v) is 17.1. The van der Waals surface area contributed by atoms with Gasteiger partial charge < -0.3 is 9.64 Å². The van der Waals surface area contributed by atoms with Crippen molar-refractivity contribution in [1.82, 2.24) is 9.88 Å². The highest BCUT2D eigenvalue weighted by Crippen LogP contribution is 2.30. The fourth-order valence-corrected chi connectivity index (χ4v) is 3.57. The van der Waals surface area contributed by atoms with Crippen LogP contribution in [0.5, 0.6) is 0 Å². The van der Waals surface area contributed by atoms with Crippen LogP contribution in [0, 0.1) is 0 Å². The molecule has 0 fully saturated rings. The van der Waals surface area contributed by atoms with Crippen molar-refractivity contribution in [2.24, 2.45) is 0 Å². The van der Waals surface area contributed by atoms with Gasteiger partial charge in [-0.3, -0.25) is 4.79 Å². The van der Waals surface area contributed by atoms with Gasteiger partial charge in [-0.05, 0) is 29.8 Å². The van der Waals surface area contributed by atoms with Crippen molar-refractivity contribution in [3.8, 4) is 11.3 Å². The predicted molar refractivity (Wildman–Crippen MR) is 118 cm³/mol. The van der Waals surface area contributed by atoms with Crippen LogP contribution in [0.15, 0.2) is 72.8 Å². The molecule has 5 heteroatoms. The molecule has 0 aliphatic heterocycles. The number of likely N-dealkylation sites (N-methyl/N-ethyl adjacent to an activating group) is 1. The van der Waals surface area contributed by atoms with Crippen LogP contribution in [0.3, 0.4) is 0 Å². The van der Waals surface area contributed by atoms with Gasteiger partial charge in [0.25, 0.3) is 5.91 Å². The zero-order valence-electron chi connectivity index (χ0n) is 17.1. The van der Waals surface area contributed by atoms with E-state index in [0.29, 0.717) is 22.2 Å². The Morgan fingerprint density at radius 2 is 1.57 bits per heavy atom. The number of hydrogen-bond donors (Lipinski definition) is 0. The Morgan fingerprint density at radius 1 is 0.900 bits per heavy atom. The maximum Gasteiger partial charge on any atom is 0.339 e. The van der Waals surface area contributed by atoms with E-state index < -0.39 is 12.1 Å². The highest BCUT2D eigenvalue weighted by atomic mass is 16.5. The molecule has 0 aliphatic rings. The molecular weight excluding hydrogens is 376 g/mol. The molecule has 0 radical (unpaired) electrons. The molecule has 5 nitrogen and oxygen atoms in total. The number of fused-ring (bicyclic) bond motifs is 2. The van der Waals surface area contributed by atoms with Crippen LogP contribution in [-0.2, 0) is 9.53 Å². The number of amides is 1. The lowest BCUT2D eigenvalue weighted by Crippen LogP contribution is -2.34. The minimum Gasteiger partial charge on any atom is -0.449 e. The Labute approximate surface area is 174 Å². The number of para-hydroxylation sites is 1. The van der Waals surface area contributed by atoms with Crippen LogP contribution in [0.4, 0.5) is 0 Å². The second kappa shape index (κ2) is 7.95. The first-order valence-corrected chi connectivity index (χ1v) is 9.76. The first-order chi connectivity index (χ1) is 14.5. The summed E-state index contributed by atoms with van der Waals surface area (Å²) in [5.41, 5.74) is 2.71. The standard InChI is InChI=1S/C25H22N2O3/c1-16(24(28)27(2)3)30-25(29)21-15-23(26-22-14-7-6-12-20(21)22)19-13-8-10-17-9-4-5-11-18(17)19/h4-16H,1-3H3/t16-/m0/s1. The number of carbonyl (C=O) groups is 2. The van der Waals surface area contributed by atoms with E-state index in [1.165, 1.54) is 4.90 Å². The Kier molecular flexibility index (Phi) is 5.19. The van der Waals surface area contributed by atoms with Crippen molar-refractivity contribution in [2.45, 2.75) is 13.0 Å². The Bertz CT molecular complexity index is 1260. The normalized spacial score (nSPS) is 12.0. The summed E-state index contributed by atoms with van der Waals surface area (Å²) in [7, 11) is 3.26. The van der Waals surface area contributed by atoms with Gasteiger partial charge >= 0.3 is 5.97 Å². The van der Waals surface area contributed by atoms with Gasteiger partial charge in [-0.1, -0.05) is 60.7 Å². The average Bonchev–Trinajstić information content (AvgIpc) is 2.77. The maximum absolute atomic E-state index is 13.0. The predicted octanol–water partition coefficient (Wildman–Crippen LogP) is 4.69. The number of aromatic nitrogens is 1. The van der Waals surface area contributed by atoms with Gasteiger partial charge in [-0.25, -0.2) is 9.78 Å². The van der Waals surface area contributed by atoms with E-state index in [1.54, 1.807) is 27.1 Å². The second-order valence-electron chi connectivity index (χ2n) is 7.38. The van der Waals surface area contributed by atoms with Crippen LogP contribution in [0.25, 0.3) is 32.9 Å². The van der Waals surface area contributed by atoms with Gasteiger partial charge in [0.05, 0.1) is 16.8 Å². The summed E-state index contributed by atoms with van der Waals surface area (Å²) in [5, 5.41) is 2.84. The molecule has 0 aliphatic carbocycles. The van der Waals surface area contributed by atoms with E-state index in [-0.39, 0.29) is 5.91 Å². The summed E-state index contributed by atoms with van der Waals surface area (Å²) in [6.45, 7) is 1.58. The number of carbonyl (C=O) groups excluding carboxylic acids is 2. The molecular formula is C25H22N2O3. The number of hydrogen-bond acceptors (Lipinski definition) is 4. The third-order valence-corrected chi connectivity index (χ3v) is 5.07. The molecule has 0 spiro atoms. The first-order valence-electron chi connectivity index (χ1n) is 9.76. The molecule has 30 heavy (non-hydrogen) atoms. The van der Waals surface area contributed by atoms with Crippen LogP contribution in [-0.4, -0.2) is 42.0 Å². The van der Waals surface area contributed by atoms with Crippen molar-refractivity contribution >= 4 is 33.6 Å². The Hall–Kier alpha value is -3.73. The largest absolute Gasteiger partial charge is 0.449 e. The summed E-state index contributed by atoms with van der Waals surface area (Å²) < 4.78 is 5.49. The van der Waals surface area contributed by atoms with Gasteiger partial charge in [0.15, 0.2) is 6.10 Å². The fourth-order valence-electron chi connectivity index (χ4n) is 3.57. The number of ether oxygens (including phenoxy) is 1. The third kappa shape index (κ3) is 3.62. The minimum absolute atomic E-state index is 0.268. The summed E-state index contributed by atoms with van der Waals surface area (Å²) >= 11 is 0. The molecule has 1 amide bonds. The number of nitrogens with zero attached hydrogens (tertiary/aromatic N) is 2. The fraction of sp³-hybridized carbons (Fsp3) is 0.160. The molecule has 150 valence electrons. The van der Waals surface area contributed by atoms with Crippen LogP contribution >= 0.6 is 0 Å². The zero-order chi connectivity index (χ0) is 21.3. The number of benzene rings is 3. The van der Waals surface area contributed by atoms with E-state index in [4.69, 9.17) is 9.72 Å². The summed E-state index contributed by atoms with van der Waals surface area (Å²) in [6.07, 6.45) is -0.875. The molecule has 0 saturated heterocycles. The van der Waals surface area contributed by atoms with Crippen LogP contribution in [0.2, 0.25) is 0 Å². The maximum atomic E-state index is 13.0. The topological polar surface area (TPSA) is 59.5 Å². The van der Waals surface area contributed by atoms with Crippen LogP contribution in [0.1, 0.15) is 17.3 Å². The van der Waals surface area contributed by atoms with Crippen molar-refractivity contribution in [1.29, 1.82) is 0 Å². The van der Waals surface area contributed by atoms with Gasteiger partial charge in [0.2, 0.25) is 0 Å². The SMILES string of the molecule is C[C@H](OC(=O)c1cc(-c2cccc3ccccc23)nc2ccccc12)C(=O)N(C)C. The smallest absolute Gasteiger partial charge is 0.339 e. The van der Waals surface area contributed by atoms with E-state index in [1.807, 2.05) is 66.7 Å². The Morgan fingerprint density at radius 3 is 2.33 bits per heavy atom. The van der Waals surface area contributed by atoms with Gasteiger partial charge in [-0.2, -0.15) is 0 Å². The molecule has 0 bridgehead atoms. The van der Waals surface area contributed by atoms with Gasteiger partial charge in [0, 0.05) is 25.0 Å². The molecule has 0 N–H and O–H groups in total. The number of esters is 1. The van der Waals surface area contributed by atoms with E-state index in [9.17, 15) is 9.59 Å². The lowest BCUT2D eigenvalue weighted by molar-refractivity contribution is -0.137. The minimum atomic E-state index is -0.875. The monoisotopic (exact) mass is 398 g/mol. The molecule has 1 aromatic heterocycles. The lowest BCUT2D eigenvalue weighted by atomic mass is 9.99. The lowest BCUT2D eigenvalue weighted by Gasteiger charge is -2.18. The Balaban J connectivity index is 1.84. The van der Waals surface area contributed by atoms with E-state index in [2.05, 4.69) is 0 Å². The highest BCUT2D eigenvalue weighted by molar-refractivity contribution is 6.06. The molecule has 0 unspecified atom stereocenters.